The second-order valence-corrected chi connectivity index (χ2v) is 7.32. The lowest BCUT2D eigenvalue weighted by atomic mass is 10.1. The molecule has 2 aromatic rings. The summed E-state index contributed by atoms with van der Waals surface area (Å²) in [7, 11) is 0. The quantitative estimate of drug-likeness (QED) is 0.723. The number of aryl methyl sites for hydroxylation is 1. The fraction of sp³-hybridized carbons (Fsp3) is 0.353. The van der Waals surface area contributed by atoms with E-state index in [0.717, 1.165) is 35.4 Å². The molecule has 3 nitrogen and oxygen atoms in total. The Morgan fingerprint density at radius 1 is 1.35 bits per heavy atom. The molecule has 0 bridgehead atoms. The van der Waals surface area contributed by atoms with E-state index in [0.29, 0.717) is 28.8 Å². The lowest BCUT2D eigenvalue weighted by Gasteiger charge is -2.10. The summed E-state index contributed by atoms with van der Waals surface area (Å²) in [6.45, 7) is 2.75. The van der Waals surface area contributed by atoms with Crippen LogP contribution in [0, 0.1) is 0 Å². The van der Waals surface area contributed by atoms with Crippen LogP contribution in [-0.4, -0.2) is 12.6 Å². The number of fused-ring (bicyclic) bond motifs is 1. The average molecular weight is 370 g/mol. The Morgan fingerprint density at radius 3 is 2.91 bits per heavy atom. The van der Waals surface area contributed by atoms with Crippen LogP contribution >= 0.6 is 34.5 Å². The Morgan fingerprint density at radius 2 is 2.17 bits per heavy atom. The van der Waals surface area contributed by atoms with Gasteiger partial charge in [-0.05, 0) is 49.4 Å². The van der Waals surface area contributed by atoms with Crippen LogP contribution in [0.3, 0.4) is 0 Å². The molecule has 1 aliphatic rings. The van der Waals surface area contributed by atoms with E-state index in [1.165, 1.54) is 4.88 Å². The third-order valence-corrected chi connectivity index (χ3v) is 5.69. The molecule has 23 heavy (non-hydrogen) atoms. The predicted molar refractivity (Wildman–Crippen MR) is 96.1 cm³/mol. The third kappa shape index (κ3) is 3.49. The smallest absolute Gasteiger partial charge is 0.341 e. The Hall–Kier alpha value is -1.23. The Kier molecular flexibility index (Phi) is 5.14. The van der Waals surface area contributed by atoms with Crippen molar-refractivity contribution in [2.75, 3.05) is 11.9 Å². The summed E-state index contributed by atoms with van der Waals surface area (Å²) in [5.41, 5.74) is 2.80. The van der Waals surface area contributed by atoms with Crippen LogP contribution in [0.1, 0.15) is 39.7 Å². The zero-order valence-electron chi connectivity index (χ0n) is 12.7. The number of benzene rings is 1. The molecule has 1 heterocycles. The van der Waals surface area contributed by atoms with Gasteiger partial charge in [0, 0.05) is 21.5 Å². The Bertz CT molecular complexity index is 742. The van der Waals surface area contributed by atoms with Crippen molar-refractivity contribution in [1.29, 1.82) is 0 Å². The molecule has 0 saturated heterocycles. The van der Waals surface area contributed by atoms with Crippen molar-refractivity contribution >= 4 is 45.5 Å². The fourth-order valence-corrected chi connectivity index (χ4v) is 4.54. The molecule has 0 fully saturated rings. The first kappa shape index (κ1) is 16.6. The standard InChI is InChI=1S/C17H17Cl2NO2S/c1-2-22-17(21)15-12-4-3-5-14(12)23-16(15)20-9-10-6-7-11(18)8-13(10)19/h6-8,20H,2-5,9H2,1H3. The molecule has 1 N–H and O–H groups in total. The van der Waals surface area contributed by atoms with E-state index in [1.807, 2.05) is 19.1 Å². The molecule has 1 aromatic carbocycles. The maximum absolute atomic E-state index is 12.3. The first-order valence-corrected chi connectivity index (χ1v) is 9.16. The van der Waals surface area contributed by atoms with Crippen LogP contribution < -0.4 is 5.32 Å². The van der Waals surface area contributed by atoms with E-state index in [2.05, 4.69) is 5.32 Å². The number of carbonyl (C=O) groups is 1. The van der Waals surface area contributed by atoms with Gasteiger partial charge >= 0.3 is 5.97 Å². The Balaban J connectivity index is 1.84. The van der Waals surface area contributed by atoms with Crippen molar-refractivity contribution < 1.29 is 9.53 Å². The molecule has 122 valence electrons. The van der Waals surface area contributed by atoms with Crippen molar-refractivity contribution in [1.82, 2.24) is 0 Å². The van der Waals surface area contributed by atoms with Crippen LogP contribution in [0.4, 0.5) is 5.00 Å². The average Bonchev–Trinajstić information content (AvgIpc) is 3.06. The number of ether oxygens (including phenoxy) is 1. The number of hydrogen-bond donors (Lipinski definition) is 1. The summed E-state index contributed by atoms with van der Waals surface area (Å²) in [5, 5.41) is 5.45. The summed E-state index contributed by atoms with van der Waals surface area (Å²) in [6.07, 6.45) is 3.09. The highest BCUT2D eigenvalue weighted by Crippen LogP contribution is 2.39. The summed E-state index contributed by atoms with van der Waals surface area (Å²) >= 11 is 13.8. The van der Waals surface area contributed by atoms with Gasteiger partial charge in [-0.25, -0.2) is 4.79 Å². The van der Waals surface area contributed by atoms with Crippen molar-refractivity contribution in [3.63, 3.8) is 0 Å². The molecular weight excluding hydrogens is 353 g/mol. The highest BCUT2D eigenvalue weighted by Gasteiger charge is 2.27. The van der Waals surface area contributed by atoms with E-state index in [9.17, 15) is 4.79 Å². The number of rotatable bonds is 5. The van der Waals surface area contributed by atoms with Gasteiger partial charge in [0.2, 0.25) is 0 Å². The highest BCUT2D eigenvalue weighted by molar-refractivity contribution is 7.16. The van der Waals surface area contributed by atoms with Crippen LogP contribution in [0.5, 0.6) is 0 Å². The number of hydrogen-bond acceptors (Lipinski definition) is 4. The summed E-state index contributed by atoms with van der Waals surface area (Å²) < 4.78 is 5.23. The monoisotopic (exact) mass is 369 g/mol. The number of carbonyl (C=O) groups excluding carboxylic acids is 1. The molecule has 0 radical (unpaired) electrons. The zero-order chi connectivity index (χ0) is 16.4. The molecule has 0 spiro atoms. The molecule has 1 aromatic heterocycles. The maximum Gasteiger partial charge on any atom is 0.341 e. The fourth-order valence-electron chi connectivity index (χ4n) is 2.79. The van der Waals surface area contributed by atoms with Gasteiger partial charge in [0.15, 0.2) is 0 Å². The van der Waals surface area contributed by atoms with Crippen LogP contribution in [0.15, 0.2) is 18.2 Å². The predicted octanol–water partition coefficient (Wildman–Crippen LogP) is 5.33. The topological polar surface area (TPSA) is 38.3 Å². The molecule has 0 unspecified atom stereocenters. The van der Waals surface area contributed by atoms with Gasteiger partial charge in [0.1, 0.15) is 5.00 Å². The van der Waals surface area contributed by atoms with Gasteiger partial charge in [-0.3, -0.25) is 0 Å². The van der Waals surface area contributed by atoms with Crippen molar-refractivity contribution in [3.8, 4) is 0 Å². The van der Waals surface area contributed by atoms with Crippen molar-refractivity contribution in [3.05, 3.63) is 49.8 Å². The third-order valence-electron chi connectivity index (χ3n) is 3.86. The SMILES string of the molecule is CCOC(=O)c1c(NCc2ccc(Cl)cc2Cl)sc2c1CCC2. The summed E-state index contributed by atoms with van der Waals surface area (Å²) in [5.74, 6) is -0.239. The summed E-state index contributed by atoms with van der Waals surface area (Å²) in [4.78, 5) is 13.6. The number of halogens is 2. The molecule has 6 heteroatoms. The Labute approximate surface area is 149 Å². The van der Waals surface area contributed by atoms with Crippen LogP contribution in [0.25, 0.3) is 0 Å². The van der Waals surface area contributed by atoms with Gasteiger partial charge in [-0.2, -0.15) is 0 Å². The molecule has 0 saturated carbocycles. The zero-order valence-corrected chi connectivity index (χ0v) is 15.1. The van der Waals surface area contributed by atoms with Gasteiger partial charge in [-0.1, -0.05) is 29.3 Å². The van der Waals surface area contributed by atoms with Gasteiger partial charge in [0.25, 0.3) is 0 Å². The normalized spacial score (nSPS) is 13.0. The van der Waals surface area contributed by atoms with E-state index < -0.39 is 0 Å². The minimum absolute atomic E-state index is 0.239. The largest absolute Gasteiger partial charge is 0.462 e. The van der Waals surface area contributed by atoms with E-state index in [4.69, 9.17) is 27.9 Å². The van der Waals surface area contributed by atoms with Crippen LogP contribution in [0.2, 0.25) is 10.0 Å². The van der Waals surface area contributed by atoms with Crippen LogP contribution in [-0.2, 0) is 24.1 Å². The lowest BCUT2D eigenvalue weighted by Crippen LogP contribution is -2.10. The molecule has 0 atom stereocenters. The van der Waals surface area contributed by atoms with E-state index in [1.54, 1.807) is 17.4 Å². The second kappa shape index (κ2) is 7.12. The molecule has 1 aliphatic carbocycles. The highest BCUT2D eigenvalue weighted by atomic mass is 35.5. The minimum atomic E-state index is -0.239. The van der Waals surface area contributed by atoms with Gasteiger partial charge in [0.05, 0.1) is 12.2 Å². The maximum atomic E-state index is 12.3. The number of thiophene rings is 1. The molecule has 3 rings (SSSR count). The number of nitrogens with one attached hydrogen (secondary N) is 1. The molecular formula is C17H17Cl2NO2S. The van der Waals surface area contributed by atoms with Crippen molar-refractivity contribution in [2.45, 2.75) is 32.7 Å². The first-order valence-electron chi connectivity index (χ1n) is 7.59. The first-order chi connectivity index (χ1) is 11.1. The second-order valence-electron chi connectivity index (χ2n) is 5.37. The van der Waals surface area contributed by atoms with E-state index >= 15 is 0 Å². The van der Waals surface area contributed by atoms with Gasteiger partial charge in [-0.15, -0.1) is 11.3 Å². The number of anilines is 1. The van der Waals surface area contributed by atoms with E-state index in [-0.39, 0.29) is 5.97 Å². The lowest BCUT2D eigenvalue weighted by molar-refractivity contribution is 0.0527. The minimum Gasteiger partial charge on any atom is -0.462 e. The molecule has 0 aliphatic heterocycles. The molecule has 0 amide bonds. The summed E-state index contributed by atoms with van der Waals surface area (Å²) in [6, 6.07) is 5.43. The number of esters is 1. The van der Waals surface area contributed by atoms with Gasteiger partial charge < -0.3 is 10.1 Å². The van der Waals surface area contributed by atoms with Crippen molar-refractivity contribution in [2.24, 2.45) is 0 Å².